The van der Waals surface area contributed by atoms with Crippen LogP contribution in [-0.4, -0.2) is 62.0 Å². The van der Waals surface area contributed by atoms with Crippen LogP contribution in [0.2, 0.25) is 0 Å². The SMILES string of the molecule is CC(=O)c1ccc(S(=O)(=O)N(C)CC(=O)NC2CCN(Cc3ccc(F)cc3)CC2)cc1. The van der Waals surface area contributed by atoms with Gasteiger partial charge in [0.1, 0.15) is 5.82 Å². The second-order valence-electron chi connectivity index (χ2n) is 8.09. The highest BCUT2D eigenvalue weighted by molar-refractivity contribution is 7.89. The third-order valence-electron chi connectivity index (χ3n) is 5.61. The monoisotopic (exact) mass is 461 g/mol. The average Bonchev–Trinajstić information content (AvgIpc) is 2.76. The molecule has 0 bridgehead atoms. The molecule has 172 valence electrons. The lowest BCUT2D eigenvalue weighted by molar-refractivity contribution is -0.122. The first kappa shape index (κ1) is 24.0. The van der Waals surface area contributed by atoms with Crippen LogP contribution < -0.4 is 5.32 Å². The molecule has 0 radical (unpaired) electrons. The molecule has 2 aromatic carbocycles. The number of amides is 1. The number of nitrogens with zero attached hydrogens (tertiary/aromatic N) is 2. The van der Waals surface area contributed by atoms with Gasteiger partial charge in [0, 0.05) is 38.3 Å². The molecule has 1 heterocycles. The summed E-state index contributed by atoms with van der Waals surface area (Å²) in [5, 5.41) is 2.92. The Kier molecular flexibility index (Phi) is 7.76. The maximum atomic E-state index is 13.0. The van der Waals surface area contributed by atoms with Crippen LogP contribution >= 0.6 is 0 Å². The fraction of sp³-hybridized carbons (Fsp3) is 0.391. The molecule has 0 unspecified atom stereocenters. The smallest absolute Gasteiger partial charge is 0.243 e. The van der Waals surface area contributed by atoms with Crippen molar-refractivity contribution in [3.8, 4) is 0 Å². The van der Waals surface area contributed by atoms with Gasteiger partial charge in [0.05, 0.1) is 11.4 Å². The minimum Gasteiger partial charge on any atom is -0.352 e. The number of benzene rings is 2. The minimum atomic E-state index is -3.84. The van der Waals surface area contributed by atoms with Gasteiger partial charge < -0.3 is 5.32 Å². The minimum absolute atomic E-state index is 0.0158. The summed E-state index contributed by atoms with van der Waals surface area (Å²) in [6.45, 7) is 3.43. The predicted octanol–water partition coefficient (Wildman–Crippen LogP) is 2.43. The van der Waals surface area contributed by atoms with Crippen LogP contribution in [0.5, 0.6) is 0 Å². The zero-order chi connectivity index (χ0) is 23.3. The summed E-state index contributed by atoms with van der Waals surface area (Å²) in [5.74, 6) is -0.756. The molecule has 1 fully saturated rings. The summed E-state index contributed by atoms with van der Waals surface area (Å²) in [5.41, 5.74) is 1.46. The first-order valence-electron chi connectivity index (χ1n) is 10.5. The summed E-state index contributed by atoms with van der Waals surface area (Å²) in [7, 11) is -2.48. The number of rotatable bonds is 8. The number of Topliss-reactive ketones (excluding diaryl/α,β-unsaturated/α-hetero) is 1. The van der Waals surface area contributed by atoms with Crippen LogP contribution in [-0.2, 0) is 21.4 Å². The van der Waals surface area contributed by atoms with Crippen LogP contribution in [0.25, 0.3) is 0 Å². The van der Waals surface area contributed by atoms with E-state index in [1.165, 1.54) is 50.4 Å². The zero-order valence-electron chi connectivity index (χ0n) is 18.3. The number of ketones is 1. The van der Waals surface area contributed by atoms with E-state index in [4.69, 9.17) is 0 Å². The number of sulfonamides is 1. The van der Waals surface area contributed by atoms with Crippen molar-refractivity contribution in [1.29, 1.82) is 0 Å². The van der Waals surface area contributed by atoms with Gasteiger partial charge in [0.25, 0.3) is 0 Å². The van der Waals surface area contributed by atoms with Gasteiger partial charge in [-0.05, 0) is 49.6 Å². The van der Waals surface area contributed by atoms with Crippen LogP contribution in [0, 0.1) is 5.82 Å². The lowest BCUT2D eigenvalue weighted by Crippen LogP contribution is -2.47. The number of hydrogen-bond acceptors (Lipinski definition) is 5. The molecular formula is C23H28FN3O4S. The third kappa shape index (κ3) is 6.21. The molecule has 0 aliphatic carbocycles. The van der Waals surface area contributed by atoms with Crippen molar-refractivity contribution in [3.63, 3.8) is 0 Å². The average molecular weight is 462 g/mol. The normalized spacial score (nSPS) is 15.6. The number of carbonyl (C=O) groups excluding carboxylic acids is 2. The summed E-state index contributed by atoms with van der Waals surface area (Å²) in [4.78, 5) is 26.1. The van der Waals surface area contributed by atoms with E-state index in [0.717, 1.165) is 42.3 Å². The Morgan fingerprint density at radius 3 is 2.22 bits per heavy atom. The number of likely N-dealkylation sites (tertiary alicyclic amines) is 1. The summed E-state index contributed by atoms with van der Waals surface area (Å²) >= 11 is 0. The van der Waals surface area contributed by atoms with Crippen molar-refractivity contribution < 1.29 is 22.4 Å². The van der Waals surface area contributed by atoms with Gasteiger partial charge >= 0.3 is 0 Å². The molecule has 7 nitrogen and oxygen atoms in total. The Morgan fingerprint density at radius 1 is 1.06 bits per heavy atom. The molecule has 9 heteroatoms. The molecule has 1 aliphatic rings. The number of hydrogen-bond donors (Lipinski definition) is 1. The molecule has 1 amide bonds. The zero-order valence-corrected chi connectivity index (χ0v) is 19.1. The Morgan fingerprint density at radius 2 is 1.66 bits per heavy atom. The highest BCUT2D eigenvalue weighted by atomic mass is 32.2. The van der Waals surface area contributed by atoms with Crippen molar-refractivity contribution in [2.24, 2.45) is 0 Å². The van der Waals surface area contributed by atoms with E-state index in [-0.39, 0.29) is 35.0 Å². The Hall–Kier alpha value is -2.62. The van der Waals surface area contributed by atoms with E-state index in [1.54, 1.807) is 12.1 Å². The number of likely N-dealkylation sites (N-methyl/N-ethyl adjacent to an activating group) is 1. The Bertz CT molecular complexity index is 1050. The van der Waals surface area contributed by atoms with Gasteiger partial charge in [-0.1, -0.05) is 24.3 Å². The fourth-order valence-corrected chi connectivity index (χ4v) is 4.81. The quantitative estimate of drug-likeness (QED) is 0.610. The van der Waals surface area contributed by atoms with E-state index in [2.05, 4.69) is 10.2 Å². The Labute approximate surface area is 188 Å². The number of piperidine rings is 1. The van der Waals surface area contributed by atoms with Crippen molar-refractivity contribution in [2.75, 3.05) is 26.7 Å². The number of nitrogens with one attached hydrogen (secondary N) is 1. The molecule has 1 saturated heterocycles. The molecule has 1 N–H and O–H groups in total. The van der Waals surface area contributed by atoms with E-state index in [0.29, 0.717) is 5.56 Å². The van der Waals surface area contributed by atoms with E-state index >= 15 is 0 Å². The van der Waals surface area contributed by atoms with Crippen molar-refractivity contribution in [3.05, 3.63) is 65.5 Å². The van der Waals surface area contributed by atoms with Crippen LogP contribution in [0.15, 0.2) is 53.4 Å². The summed E-state index contributed by atoms with van der Waals surface area (Å²) < 4.78 is 39.5. The number of carbonyl (C=O) groups is 2. The largest absolute Gasteiger partial charge is 0.352 e. The third-order valence-corrected chi connectivity index (χ3v) is 7.43. The van der Waals surface area contributed by atoms with E-state index in [9.17, 15) is 22.4 Å². The predicted molar refractivity (Wildman–Crippen MR) is 119 cm³/mol. The number of halogens is 1. The maximum Gasteiger partial charge on any atom is 0.243 e. The maximum absolute atomic E-state index is 13.0. The van der Waals surface area contributed by atoms with Crippen molar-refractivity contribution in [2.45, 2.75) is 37.2 Å². The van der Waals surface area contributed by atoms with Crippen LogP contribution in [0.4, 0.5) is 4.39 Å². The second-order valence-corrected chi connectivity index (χ2v) is 10.1. The van der Waals surface area contributed by atoms with E-state index < -0.39 is 10.0 Å². The van der Waals surface area contributed by atoms with Gasteiger partial charge in [0.2, 0.25) is 15.9 Å². The lowest BCUT2D eigenvalue weighted by Gasteiger charge is -2.32. The molecule has 1 aliphatic heterocycles. The molecule has 32 heavy (non-hydrogen) atoms. The molecule has 0 spiro atoms. The highest BCUT2D eigenvalue weighted by Gasteiger charge is 2.25. The molecule has 0 atom stereocenters. The fourth-order valence-electron chi connectivity index (χ4n) is 3.69. The van der Waals surface area contributed by atoms with Crippen LogP contribution in [0.3, 0.4) is 0 Å². The standard InChI is InChI=1S/C23H28FN3O4S/c1-17(28)19-5-9-22(10-6-19)32(30,31)26(2)16-23(29)25-21-11-13-27(14-12-21)15-18-3-7-20(24)8-4-18/h3-10,21H,11-16H2,1-2H3,(H,25,29). The first-order valence-corrected chi connectivity index (χ1v) is 11.9. The van der Waals surface area contributed by atoms with E-state index in [1.807, 2.05) is 0 Å². The van der Waals surface area contributed by atoms with Gasteiger partial charge in [-0.25, -0.2) is 12.8 Å². The van der Waals surface area contributed by atoms with Crippen molar-refractivity contribution in [1.82, 2.24) is 14.5 Å². The lowest BCUT2D eigenvalue weighted by atomic mass is 10.0. The second kappa shape index (κ2) is 10.3. The summed E-state index contributed by atoms with van der Waals surface area (Å²) in [6, 6.07) is 12.1. The highest BCUT2D eigenvalue weighted by Crippen LogP contribution is 2.17. The molecule has 0 saturated carbocycles. The summed E-state index contributed by atoms with van der Waals surface area (Å²) in [6.07, 6.45) is 1.52. The molecular weight excluding hydrogens is 433 g/mol. The molecule has 0 aromatic heterocycles. The van der Waals surface area contributed by atoms with Crippen molar-refractivity contribution >= 4 is 21.7 Å². The van der Waals surface area contributed by atoms with Gasteiger partial charge in [0.15, 0.2) is 5.78 Å². The first-order chi connectivity index (χ1) is 15.1. The van der Waals surface area contributed by atoms with Crippen LogP contribution in [0.1, 0.15) is 35.7 Å². The topological polar surface area (TPSA) is 86.8 Å². The molecule has 3 rings (SSSR count). The van der Waals surface area contributed by atoms with Gasteiger partial charge in [-0.15, -0.1) is 0 Å². The van der Waals surface area contributed by atoms with Gasteiger partial charge in [-0.3, -0.25) is 14.5 Å². The molecule has 2 aromatic rings. The van der Waals surface area contributed by atoms with Gasteiger partial charge in [-0.2, -0.15) is 4.31 Å². The Balaban J connectivity index is 1.47.